The molecule has 9 nitrogen and oxygen atoms in total. The standard InChI is InChI=1S/C34H23N3.C22H15BrN2.C15H11BrO.C13H10.C7H8N2.C7H15N.ClH.Cu.FH.HI.H2/c1-3-11-24(12-4-1)30-23-31(36-34(35-30)26-13-5-2-6-14-26)25-19-21-27(22-20-25)37-32-17-9-7-15-28(32)29-16-8-10-18-33(29)37;23-19-13-11-17(12-14-19)21-15-20(16-7-3-1-4-8-16)24-22(25-21)18-9-5-2-6-10-18;16-14-9-6-12(7-10-14)8-11-15(17)13-4-2-1-3-5-13;1-3-7-12-10(5-1)9-11-6-2-4-8-13(11)12;8-7(9)6-4-2-1-3-5-6;1-6-4-2-3-5-7(6)8;;;;;/h1-23H;1-15H;1-11H;1-8H,9H2;1-5H,(H3,8,9);6-7H,2-5,8H2,1H3;1H;;3*1H/q;;;;;;;+1;;;/p-1/b;;11-8+;;;;;;;;/t;;;;;6-,7-;;;;;/m.....1...../s1. The van der Waals surface area contributed by atoms with Gasteiger partial charge in [0, 0.05) is 77.4 Å². The zero-order valence-electron chi connectivity index (χ0n) is 62.0. The van der Waals surface area contributed by atoms with Gasteiger partial charge in [0.25, 0.3) is 0 Å². The molecular weight excluding hydrogens is 1710 g/mol. The van der Waals surface area contributed by atoms with Crippen molar-refractivity contribution in [2.75, 3.05) is 0 Å². The third kappa shape index (κ3) is 23.1. The van der Waals surface area contributed by atoms with E-state index in [0.29, 0.717) is 11.6 Å². The van der Waals surface area contributed by atoms with Crippen molar-refractivity contribution in [1.82, 2.24) is 24.5 Å². The van der Waals surface area contributed by atoms with Crippen LogP contribution in [0.4, 0.5) is 4.70 Å². The molecule has 0 bridgehead atoms. The first-order valence-electron chi connectivity index (χ1n) is 36.8. The number of rotatable bonds is 11. The molecule has 0 spiro atoms. The predicted molar refractivity (Wildman–Crippen MR) is 486 cm³/mol. The van der Waals surface area contributed by atoms with Crippen molar-refractivity contribution >= 4 is 104 Å². The minimum Gasteiger partial charge on any atom is -0.309 e. The molecule has 15 heteroatoms. The van der Waals surface area contributed by atoms with Crippen LogP contribution < -0.4 is 11.5 Å². The average molecular weight is 1800 g/mol. The molecule has 570 valence electrons. The van der Waals surface area contributed by atoms with Crippen LogP contribution in [-0.4, -0.2) is 42.2 Å². The summed E-state index contributed by atoms with van der Waals surface area (Å²) in [6, 6.07) is 123. The summed E-state index contributed by atoms with van der Waals surface area (Å²) < 4.78 is 4.42. The van der Waals surface area contributed by atoms with Gasteiger partial charge in [0.05, 0.1) is 33.8 Å². The van der Waals surface area contributed by atoms with Gasteiger partial charge in [-0.15, -0.1) is 12.4 Å². The Bertz CT molecular complexity index is 5490. The molecule has 0 saturated heterocycles. The molecule has 0 unspecified atom stereocenters. The third-order valence-electron chi connectivity index (χ3n) is 19.1. The number of carbonyl (C=O) groups excluding carboxylic acids is 1. The fourth-order valence-electron chi connectivity index (χ4n) is 13.2. The number of fused-ring (bicyclic) bond motifs is 6. The van der Waals surface area contributed by atoms with E-state index in [4.69, 9.17) is 36.8 Å². The maximum atomic E-state index is 11.8. The molecule has 16 aromatic rings. The zero-order chi connectivity index (χ0) is 77.1. The van der Waals surface area contributed by atoms with E-state index < -0.39 is 0 Å². The van der Waals surface area contributed by atoms with E-state index in [1.807, 2.05) is 194 Å². The summed E-state index contributed by atoms with van der Waals surface area (Å²) in [5.74, 6) is 2.39. The summed E-state index contributed by atoms with van der Waals surface area (Å²) in [4.78, 5) is 31.3. The third-order valence-corrected chi connectivity index (χ3v) is 20.2. The maximum Gasteiger partial charge on any atom is 0.160 e. The van der Waals surface area contributed by atoms with Crippen molar-refractivity contribution in [3.8, 4) is 84.6 Å². The molecule has 0 radical (unpaired) electrons. The molecule has 13 aromatic carbocycles. The van der Waals surface area contributed by atoms with Crippen LogP contribution in [0.1, 0.15) is 66.6 Å². The monoisotopic (exact) mass is 1790 g/mol. The van der Waals surface area contributed by atoms with E-state index in [2.05, 4.69) is 232 Å². The number of nitrogens with one attached hydrogen (secondary N) is 1. The SMILES string of the molecule is Brc1ccc(-c2cc(-c3ccccc3)nc(-c3ccccc3)n2)cc1.C[C@@H]1CCCC[C@H]1N.Cl.F.N=C(N)c1ccccc1.O=C(/C=C/c1ccc(Br)cc1)c1ccccc1.[Cu][I].[HH].c1ccc(-c2cc(-c3ccc(-n4c5ccccc5c5ccccc54)cc3)nc(-c3ccccc3)n2)cc1.c1ccc2c(c1)Cc1ccccc1-2. The molecule has 2 aliphatic carbocycles. The summed E-state index contributed by atoms with van der Waals surface area (Å²) in [5.41, 5.74) is 32.7. The minimum atomic E-state index is 0. The van der Waals surface area contributed by atoms with Crippen molar-refractivity contribution in [1.29, 1.82) is 5.41 Å². The Hall–Kier alpha value is -10.9. The van der Waals surface area contributed by atoms with Gasteiger partial charge in [0.2, 0.25) is 0 Å². The Morgan fingerprint density at radius 3 is 1.17 bits per heavy atom. The van der Waals surface area contributed by atoms with Gasteiger partial charge < -0.3 is 16.0 Å². The molecule has 2 aliphatic rings. The molecule has 3 heterocycles. The molecule has 5 N–H and O–H groups in total. The van der Waals surface area contributed by atoms with E-state index in [1.54, 1.807) is 26.4 Å². The van der Waals surface area contributed by atoms with Gasteiger partial charge in [0.15, 0.2) is 17.4 Å². The Labute approximate surface area is 705 Å². The van der Waals surface area contributed by atoms with Gasteiger partial charge in [-0.25, -0.2) is 19.9 Å². The number of para-hydroxylation sites is 2. The number of benzene rings is 13. The van der Waals surface area contributed by atoms with Gasteiger partial charge >= 0.3 is 33.1 Å². The van der Waals surface area contributed by atoms with Crippen LogP contribution in [0.25, 0.3) is 113 Å². The van der Waals surface area contributed by atoms with Gasteiger partial charge in [-0.1, -0.05) is 361 Å². The first-order chi connectivity index (χ1) is 54.5. The number of nitrogens with zero attached hydrogens (tertiary/aromatic N) is 5. The second kappa shape index (κ2) is 43.2. The molecule has 2 atom stereocenters. The number of amidine groups is 1. The van der Waals surface area contributed by atoms with Crippen molar-refractivity contribution in [2.45, 2.75) is 45.1 Å². The maximum absolute atomic E-state index is 11.8. The normalized spacial score (nSPS) is 12.6. The predicted octanol–water partition coefficient (Wildman–Crippen LogP) is 26.6. The van der Waals surface area contributed by atoms with Crippen LogP contribution in [-0.2, 0) is 19.2 Å². The molecule has 18 rings (SSSR count). The first-order valence-corrected chi connectivity index (χ1v) is 41.4. The largest absolute Gasteiger partial charge is 0.309 e. The first kappa shape index (κ1) is 84.5. The topological polar surface area (TPSA) is 149 Å². The number of ketones is 1. The fraction of sp³-hybridized carbons (Fsp3) is 0.0816. The Kier molecular flexibility index (Phi) is 32.3. The second-order valence-electron chi connectivity index (χ2n) is 26.6. The quantitative estimate of drug-likeness (QED) is 0.0291. The van der Waals surface area contributed by atoms with Crippen LogP contribution in [0.5, 0.6) is 0 Å². The summed E-state index contributed by atoms with van der Waals surface area (Å²) >= 11 is 12.7. The number of carbonyl (C=O) groups is 1. The van der Waals surface area contributed by atoms with Gasteiger partial charge in [-0.2, -0.15) is 0 Å². The van der Waals surface area contributed by atoms with Crippen molar-refractivity contribution in [3.05, 3.63) is 407 Å². The summed E-state index contributed by atoms with van der Waals surface area (Å²) in [5, 5.41) is 9.54. The number of nitrogen functional groups attached to an aromatic ring is 1. The molecule has 113 heavy (non-hydrogen) atoms. The smallest absolute Gasteiger partial charge is 0.160 e. The van der Waals surface area contributed by atoms with Crippen molar-refractivity contribution in [3.63, 3.8) is 0 Å². The number of allylic oxidation sites excluding steroid dienone is 1. The number of aromatic nitrogens is 5. The summed E-state index contributed by atoms with van der Waals surface area (Å²) in [6.07, 6.45) is 9.87. The van der Waals surface area contributed by atoms with Crippen LogP contribution in [0, 0.1) is 11.3 Å². The number of halogens is 5. The number of nitrogens with two attached hydrogens (primary N) is 2. The molecular formula is C98H86Br2ClCuFIN8O. The second-order valence-corrected chi connectivity index (χ2v) is 28.5. The van der Waals surface area contributed by atoms with E-state index >= 15 is 0 Å². The van der Waals surface area contributed by atoms with E-state index in [1.165, 1.54) is 69.7 Å². The van der Waals surface area contributed by atoms with Crippen molar-refractivity contribution in [2.24, 2.45) is 17.4 Å². The minimum absolute atomic E-state index is 0. The van der Waals surface area contributed by atoms with Gasteiger partial charge in [0.1, 0.15) is 5.84 Å². The van der Waals surface area contributed by atoms with E-state index in [9.17, 15) is 4.79 Å². The van der Waals surface area contributed by atoms with E-state index in [0.717, 1.165) is 106 Å². The average Bonchev–Trinajstić information content (AvgIpc) is 1.59. The van der Waals surface area contributed by atoms with Gasteiger partial charge in [-0.05, 0) is 120 Å². The molecule has 0 aliphatic heterocycles. The van der Waals surface area contributed by atoms with Crippen LogP contribution in [0.15, 0.2) is 379 Å². The van der Waals surface area contributed by atoms with E-state index in [-0.39, 0.29) is 30.2 Å². The van der Waals surface area contributed by atoms with Crippen LogP contribution in [0.2, 0.25) is 0 Å². The number of hydrogen-bond acceptors (Lipinski definition) is 7. The molecule has 1 fully saturated rings. The van der Waals surface area contributed by atoms with Crippen molar-refractivity contribution < 1.29 is 23.7 Å². The molecule has 1 saturated carbocycles. The Morgan fingerprint density at radius 2 is 0.779 bits per heavy atom. The summed E-state index contributed by atoms with van der Waals surface area (Å²) in [7, 11) is 0. The fourth-order valence-corrected chi connectivity index (χ4v) is 13.8. The van der Waals surface area contributed by atoms with Crippen LogP contribution in [0.3, 0.4) is 0 Å². The summed E-state index contributed by atoms with van der Waals surface area (Å²) in [6.45, 7) is 2.25. The van der Waals surface area contributed by atoms with Gasteiger partial charge in [-0.3, -0.25) is 14.9 Å². The molecule has 3 aromatic heterocycles. The van der Waals surface area contributed by atoms with Crippen LogP contribution >= 0.6 is 64.6 Å². The zero-order valence-corrected chi connectivity index (χ0v) is 69.1. The molecule has 0 amide bonds. The Morgan fingerprint density at radius 1 is 0.442 bits per heavy atom. The Balaban J connectivity index is 0.000000168. The number of hydrogen-bond donors (Lipinski definition) is 3.